The van der Waals surface area contributed by atoms with Crippen LogP contribution in [0.4, 0.5) is 0 Å². The van der Waals surface area contributed by atoms with E-state index in [2.05, 4.69) is 23.6 Å². The molecule has 2 rings (SSSR count). The zero-order valence-electron chi connectivity index (χ0n) is 12.3. The number of hydrogen-bond donors (Lipinski definition) is 1. The number of carbonyl (C=O) groups is 1. The minimum Gasteiger partial charge on any atom is -0.481 e. The lowest BCUT2D eigenvalue weighted by atomic mass is 9.76. The summed E-state index contributed by atoms with van der Waals surface area (Å²) >= 11 is 0. The summed E-state index contributed by atoms with van der Waals surface area (Å²) in [5.74, 6) is -0.00162. The van der Waals surface area contributed by atoms with Crippen molar-refractivity contribution in [1.29, 1.82) is 0 Å². The molecule has 3 unspecified atom stereocenters. The maximum absolute atomic E-state index is 11.5. The summed E-state index contributed by atoms with van der Waals surface area (Å²) in [6, 6.07) is 0.273. The third-order valence-electron chi connectivity index (χ3n) is 5.14. The van der Waals surface area contributed by atoms with E-state index in [-0.39, 0.29) is 12.0 Å². The fourth-order valence-electron chi connectivity index (χ4n) is 3.70. The van der Waals surface area contributed by atoms with Crippen molar-refractivity contribution < 1.29 is 9.90 Å². The Kier molecular flexibility index (Phi) is 5.22. The first-order valence-electron chi connectivity index (χ1n) is 7.84. The van der Waals surface area contributed by atoms with Gasteiger partial charge in [0, 0.05) is 32.2 Å². The topological polar surface area (TPSA) is 43.8 Å². The normalized spacial score (nSPS) is 34.3. The second kappa shape index (κ2) is 6.71. The van der Waals surface area contributed by atoms with Crippen LogP contribution in [0.5, 0.6) is 0 Å². The average Bonchev–Trinajstić information content (AvgIpc) is 2.46. The van der Waals surface area contributed by atoms with Crippen LogP contribution in [-0.4, -0.2) is 59.6 Å². The van der Waals surface area contributed by atoms with Crippen molar-refractivity contribution in [1.82, 2.24) is 9.80 Å². The van der Waals surface area contributed by atoms with E-state index in [1.807, 2.05) is 0 Å². The monoisotopic (exact) mass is 268 g/mol. The van der Waals surface area contributed by atoms with Gasteiger partial charge >= 0.3 is 5.97 Å². The number of hydrogen-bond acceptors (Lipinski definition) is 3. The van der Waals surface area contributed by atoms with E-state index in [0.717, 1.165) is 57.9 Å². The van der Waals surface area contributed by atoms with Gasteiger partial charge in [-0.25, -0.2) is 0 Å². The molecule has 1 N–H and O–H groups in total. The summed E-state index contributed by atoms with van der Waals surface area (Å²) in [5, 5.41) is 9.46. The van der Waals surface area contributed by atoms with Crippen LogP contribution in [0.15, 0.2) is 0 Å². The third-order valence-corrected chi connectivity index (χ3v) is 5.14. The molecule has 0 aromatic heterocycles. The minimum atomic E-state index is -0.586. The number of carboxylic acids is 1. The van der Waals surface area contributed by atoms with Crippen molar-refractivity contribution >= 4 is 5.97 Å². The number of likely N-dealkylation sites (N-methyl/N-ethyl adjacent to an activating group) is 1. The maximum Gasteiger partial charge on any atom is 0.308 e. The van der Waals surface area contributed by atoms with E-state index in [9.17, 15) is 9.90 Å². The highest BCUT2D eigenvalue weighted by atomic mass is 16.4. The van der Waals surface area contributed by atoms with Gasteiger partial charge in [0.1, 0.15) is 0 Å². The highest BCUT2D eigenvalue weighted by Crippen LogP contribution is 2.34. The summed E-state index contributed by atoms with van der Waals surface area (Å²) in [5.41, 5.74) is 0. The van der Waals surface area contributed by atoms with Crippen molar-refractivity contribution in [2.75, 3.05) is 32.7 Å². The molecule has 110 valence electrons. The Balaban J connectivity index is 1.99. The third kappa shape index (κ3) is 3.48. The smallest absolute Gasteiger partial charge is 0.308 e. The van der Waals surface area contributed by atoms with Crippen molar-refractivity contribution in [3.05, 3.63) is 0 Å². The molecule has 4 nitrogen and oxygen atoms in total. The van der Waals surface area contributed by atoms with E-state index < -0.39 is 5.97 Å². The zero-order chi connectivity index (χ0) is 13.8. The van der Waals surface area contributed by atoms with Gasteiger partial charge in [0.25, 0.3) is 0 Å². The molecule has 2 aliphatic rings. The molecule has 1 aliphatic carbocycles. The Morgan fingerprint density at radius 2 is 1.84 bits per heavy atom. The Labute approximate surface area is 116 Å². The second-order valence-corrected chi connectivity index (χ2v) is 6.07. The highest BCUT2D eigenvalue weighted by Gasteiger charge is 2.38. The van der Waals surface area contributed by atoms with Gasteiger partial charge in [-0.2, -0.15) is 0 Å². The number of carboxylic acid groups (broad SMARTS) is 1. The lowest BCUT2D eigenvalue weighted by Gasteiger charge is -2.44. The molecule has 1 aliphatic heterocycles. The number of aliphatic carboxylic acids is 1. The molecule has 1 saturated heterocycles. The highest BCUT2D eigenvalue weighted by molar-refractivity contribution is 5.71. The maximum atomic E-state index is 11.5. The van der Waals surface area contributed by atoms with Gasteiger partial charge in [-0.15, -0.1) is 0 Å². The largest absolute Gasteiger partial charge is 0.481 e. The van der Waals surface area contributed by atoms with Crippen molar-refractivity contribution in [3.63, 3.8) is 0 Å². The first-order valence-corrected chi connectivity index (χ1v) is 7.84. The molecule has 3 atom stereocenters. The average molecular weight is 268 g/mol. The molecule has 1 saturated carbocycles. The van der Waals surface area contributed by atoms with Crippen LogP contribution < -0.4 is 0 Å². The zero-order valence-corrected chi connectivity index (χ0v) is 12.3. The predicted molar refractivity (Wildman–Crippen MR) is 76.2 cm³/mol. The molecule has 2 fully saturated rings. The van der Waals surface area contributed by atoms with Crippen LogP contribution in [0, 0.1) is 11.8 Å². The number of rotatable bonds is 4. The van der Waals surface area contributed by atoms with E-state index in [1.165, 1.54) is 6.42 Å². The van der Waals surface area contributed by atoms with Crippen LogP contribution in [0.2, 0.25) is 0 Å². The van der Waals surface area contributed by atoms with Gasteiger partial charge in [-0.3, -0.25) is 9.69 Å². The quantitative estimate of drug-likeness (QED) is 0.846. The number of nitrogens with zero attached hydrogens (tertiary/aromatic N) is 2. The fourth-order valence-corrected chi connectivity index (χ4v) is 3.70. The van der Waals surface area contributed by atoms with Crippen molar-refractivity contribution in [2.24, 2.45) is 11.8 Å². The summed E-state index contributed by atoms with van der Waals surface area (Å²) < 4.78 is 0. The summed E-state index contributed by atoms with van der Waals surface area (Å²) in [4.78, 5) is 16.4. The van der Waals surface area contributed by atoms with Gasteiger partial charge in [-0.1, -0.05) is 20.3 Å². The molecule has 0 spiro atoms. The molecule has 0 amide bonds. The van der Waals surface area contributed by atoms with E-state index in [0.29, 0.717) is 0 Å². The van der Waals surface area contributed by atoms with E-state index in [1.54, 1.807) is 0 Å². The lowest BCUT2D eigenvalue weighted by Crippen LogP contribution is -2.54. The molecule has 4 heteroatoms. The summed E-state index contributed by atoms with van der Waals surface area (Å²) in [6.07, 6.45) is 4.24. The van der Waals surface area contributed by atoms with Crippen LogP contribution >= 0.6 is 0 Å². The summed E-state index contributed by atoms with van der Waals surface area (Å²) in [7, 11) is 0. The van der Waals surface area contributed by atoms with Gasteiger partial charge in [0.15, 0.2) is 0 Å². The first-order chi connectivity index (χ1) is 9.15. The lowest BCUT2D eigenvalue weighted by molar-refractivity contribution is -0.146. The van der Waals surface area contributed by atoms with Gasteiger partial charge < -0.3 is 10.0 Å². The Bertz CT molecular complexity index is 301. The first kappa shape index (κ1) is 14.8. The minimum absolute atomic E-state index is 0.143. The Hall–Kier alpha value is -0.610. The molecule has 0 radical (unpaired) electrons. The van der Waals surface area contributed by atoms with Gasteiger partial charge in [0.05, 0.1) is 5.92 Å². The van der Waals surface area contributed by atoms with Crippen LogP contribution in [-0.2, 0) is 4.79 Å². The Morgan fingerprint density at radius 1 is 1.16 bits per heavy atom. The predicted octanol–water partition coefficient (Wildman–Crippen LogP) is 1.90. The molecular weight excluding hydrogens is 240 g/mol. The molecule has 0 bridgehead atoms. The van der Waals surface area contributed by atoms with Crippen LogP contribution in [0.3, 0.4) is 0 Å². The van der Waals surface area contributed by atoms with E-state index >= 15 is 0 Å². The standard InChI is InChI=1S/C15H28N2O2/c1-3-12-5-6-13(15(18)19)14(11-12)17-9-7-16(4-2)8-10-17/h12-14H,3-11H2,1-2H3,(H,18,19). The summed E-state index contributed by atoms with van der Waals surface area (Å²) in [6.45, 7) is 9.81. The van der Waals surface area contributed by atoms with Crippen LogP contribution in [0.25, 0.3) is 0 Å². The second-order valence-electron chi connectivity index (χ2n) is 6.07. The molecule has 1 heterocycles. The SMILES string of the molecule is CCC1CCC(C(=O)O)C(N2CCN(CC)CC2)C1. The number of piperazine rings is 1. The van der Waals surface area contributed by atoms with Gasteiger partial charge in [0.2, 0.25) is 0 Å². The van der Waals surface area contributed by atoms with Crippen molar-refractivity contribution in [3.8, 4) is 0 Å². The van der Waals surface area contributed by atoms with Crippen molar-refractivity contribution in [2.45, 2.75) is 45.6 Å². The molecule has 0 aromatic rings. The van der Waals surface area contributed by atoms with E-state index in [4.69, 9.17) is 0 Å². The molecular formula is C15H28N2O2. The molecule has 19 heavy (non-hydrogen) atoms. The van der Waals surface area contributed by atoms with Crippen LogP contribution in [0.1, 0.15) is 39.5 Å². The Morgan fingerprint density at radius 3 is 2.37 bits per heavy atom. The fraction of sp³-hybridized carbons (Fsp3) is 0.933. The molecule has 0 aromatic carbocycles. The van der Waals surface area contributed by atoms with Gasteiger partial charge in [-0.05, 0) is 31.7 Å².